The van der Waals surface area contributed by atoms with Gasteiger partial charge in [0, 0.05) is 38.8 Å². The number of rotatable bonds is 7. The van der Waals surface area contributed by atoms with Crippen LogP contribution in [0.5, 0.6) is 5.75 Å². The molecule has 1 aromatic carbocycles. The lowest BCUT2D eigenvalue weighted by Gasteiger charge is -2.16. The van der Waals surface area contributed by atoms with Gasteiger partial charge in [-0.25, -0.2) is 0 Å². The number of carbonyl (C=O) groups is 1. The van der Waals surface area contributed by atoms with Crippen LogP contribution in [0, 0.1) is 0 Å². The zero-order valence-corrected chi connectivity index (χ0v) is 12.5. The molecule has 0 saturated carbocycles. The Hall–Kier alpha value is -2.30. The zero-order valence-electron chi connectivity index (χ0n) is 12.5. The Morgan fingerprint density at radius 2 is 2.10 bits per heavy atom. The summed E-state index contributed by atoms with van der Waals surface area (Å²) < 4.78 is 7.31. The zero-order chi connectivity index (χ0) is 15.1. The van der Waals surface area contributed by atoms with Crippen molar-refractivity contribution < 1.29 is 9.53 Å². The van der Waals surface area contributed by atoms with Crippen molar-refractivity contribution in [3.05, 3.63) is 48.3 Å². The van der Waals surface area contributed by atoms with Gasteiger partial charge in [0.15, 0.2) is 0 Å². The molecule has 0 saturated heterocycles. The molecule has 0 radical (unpaired) electrons. The van der Waals surface area contributed by atoms with Gasteiger partial charge in [-0.3, -0.25) is 9.48 Å². The summed E-state index contributed by atoms with van der Waals surface area (Å²) >= 11 is 0. The topological polar surface area (TPSA) is 47.4 Å². The summed E-state index contributed by atoms with van der Waals surface area (Å²) in [7, 11) is 3.68. The molecule has 2 aromatic rings. The summed E-state index contributed by atoms with van der Waals surface area (Å²) in [5.74, 6) is 0.962. The maximum Gasteiger partial charge on any atom is 0.222 e. The summed E-state index contributed by atoms with van der Waals surface area (Å²) in [5, 5.41) is 4.10. The number of aromatic nitrogens is 2. The Kier molecular flexibility index (Phi) is 5.37. The predicted octanol–water partition coefficient (Wildman–Crippen LogP) is 2.24. The highest BCUT2D eigenvalue weighted by Gasteiger charge is 2.10. The third-order valence-electron chi connectivity index (χ3n) is 3.15. The van der Waals surface area contributed by atoms with Gasteiger partial charge in [-0.05, 0) is 18.6 Å². The molecule has 2 rings (SSSR count). The summed E-state index contributed by atoms with van der Waals surface area (Å²) in [6.45, 7) is 1.14. The molecule has 0 unspecified atom stereocenters. The van der Waals surface area contributed by atoms with E-state index in [1.54, 1.807) is 15.8 Å². The van der Waals surface area contributed by atoms with Gasteiger partial charge >= 0.3 is 0 Å². The van der Waals surface area contributed by atoms with E-state index in [9.17, 15) is 4.79 Å². The second-order valence-corrected chi connectivity index (χ2v) is 5.04. The van der Waals surface area contributed by atoms with Crippen molar-refractivity contribution in [1.29, 1.82) is 0 Å². The lowest BCUT2D eigenvalue weighted by Crippen LogP contribution is -2.26. The van der Waals surface area contributed by atoms with Gasteiger partial charge in [0.2, 0.25) is 5.91 Å². The fourth-order valence-corrected chi connectivity index (χ4v) is 2.04. The summed E-state index contributed by atoms with van der Waals surface area (Å²) in [4.78, 5) is 13.7. The van der Waals surface area contributed by atoms with E-state index in [1.807, 2.05) is 50.6 Å². The van der Waals surface area contributed by atoms with E-state index in [4.69, 9.17) is 4.74 Å². The van der Waals surface area contributed by atoms with E-state index in [0.717, 1.165) is 11.3 Å². The monoisotopic (exact) mass is 287 g/mol. The molecular formula is C16H21N3O2. The van der Waals surface area contributed by atoms with Crippen LogP contribution in [0.25, 0.3) is 0 Å². The first kappa shape index (κ1) is 15.1. The molecule has 0 bridgehead atoms. The SMILES string of the molecule is CN(Cc1cnn(C)c1)C(=O)CCCOc1ccccc1. The highest BCUT2D eigenvalue weighted by Crippen LogP contribution is 2.09. The van der Waals surface area contributed by atoms with Crippen molar-refractivity contribution in [1.82, 2.24) is 14.7 Å². The highest BCUT2D eigenvalue weighted by molar-refractivity contribution is 5.75. The molecule has 0 aliphatic rings. The molecule has 0 N–H and O–H groups in total. The quantitative estimate of drug-likeness (QED) is 0.734. The van der Waals surface area contributed by atoms with Crippen LogP contribution in [0.1, 0.15) is 18.4 Å². The molecule has 1 aromatic heterocycles. The molecule has 1 amide bonds. The summed E-state index contributed by atoms with van der Waals surface area (Å²) in [6.07, 6.45) is 4.90. The van der Waals surface area contributed by atoms with Gasteiger partial charge < -0.3 is 9.64 Å². The fourth-order valence-electron chi connectivity index (χ4n) is 2.04. The number of carbonyl (C=O) groups excluding carboxylic acids is 1. The largest absolute Gasteiger partial charge is 0.494 e. The minimum absolute atomic E-state index is 0.121. The normalized spacial score (nSPS) is 10.4. The van der Waals surface area contributed by atoms with Crippen LogP contribution in [0.2, 0.25) is 0 Å². The van der Waals surface area contributed by atoms with Gasteiger partial charge in [-0.15, -0.1) is 0 Å². The van der Waals surface area contributed by atoms with E-state index >= 15 is 0 Å². The average molecular weight is 287 g/mol. The molecule has 0 aliphatic heterocycles. The first-order valence-electron chi connectivity index (χ1n) is 7.04. The van der Waals surface area contributed by atoms with Gasteiger partial charge in [-0.1, -0.05) is 18.2 Å². The summed E-state index contributed by atoms with van der Waals surface area (Å²) in [6, 6.07) is 9.64. The van der Waals surface area contributed by atoms with Crippen molar-refractivity contribution in [3.8, 4) is 5.75 Å². The Labute approximate surface area is 125 Å². The number of hydrogen-bond acceptors (Lipinski definition) is 3. The number of benzene rings is 1. The van der Waals surface area contributed by atoms with E-state index in [0.29, 0.717) is 26.0 Å². The number of nitrogens with zero attached hydrogens (tertiary/aromatic N) is 3. The first-order chi connectivity index (χ1) is 10.1. The third kappa shape index (κ3) is 4.95. The van der Waals surface area contributed by atoms with E-state index in [-0.39, 0.29) is 5.91 Å². The number of amides is 1. The number of aryl methyl sites for hydroxylation is 1. The van der Waals surface area contributed by atoms with Gasteiger partial charge in [0.05, 0.1) is 12.8 Å². The number of para-hydroxylation sites is 1. The molecule has 1 heterocycles. The highest BCUT2D eigenvalue weighted by atomic mass is 16.5. The van der Waals surface area contributed by atoms with Crippen molar-refractivity contribution in [2.24, 2.45) is 7.05 Å². The molecular weight excluding hydrogens is 266 g/mol. The standard InChI is InChI=1S/C16H21N3O2/c1-18(12-14-11-17-19(2)13-14)16(20)9-6-10-21-15-7-4-3-5-8-15/h3-5,7-8,11,13H,6,9-10,12H2,1-2H3. The van der Waals surface area contributed by atoms with Crippen molar-refractivity contribution in [2.75, 3.05) is 13.7 Å². The minimum atomic E-state index is 0.121. The summed E-state index contributed by atoms with van der Waals surface area (Å²) in [5.41, 5.74) is 1.04. The van der Waals surface area contributed by atoms with Crippen LogP contribution in [-0.4, -0.2) is 34.2 Å². The van der Waals surface area contributed by atoms with Gasteiger partial charge in [-0.2, -0.15) is 5.10 Å². The Bertz CT molecular complexity index is 566. The van der Waals surface area contributed by atoms with Crippen LogP contribution < -0.4 is 4.74 Å². The molecule has 112 valence electrons. The van der Waals surface area contributed by atoms with Crippen molar-refractivity contribution in [2.45, 2.75) is 19.4 Å². The minimum Gasteiger partial charge on any atom is -0.494 e. The van der Waals surface area contributed by atoms with Crippen LogP contribution in [0.15, 0.2) is 42.7 Å². The van der Waals surface area contributed by atoms with Gasteiger partial charge in [0.1, 0.15) is 5.75 Å². The molecule has 0 aliphatic carbocycles. The van der Waals surface area contributed by atoms with Gasteiger partial charge in [0.25, 0.3) is 0 Å². The molecule has 5 nitrogen and oxygen atoms in total. The second kappa shape index (κ2) is 7.47. The Morgan fingerprint density at radius 3 is 2.76 bits per heavy atom. The molecule has 21 heavy (non-hydrogen) atoms. The Morgan fingerprint density at radius 1 is 1.33 bits per heavy atom. The molecule has 5 heteroatoms. The average Bonchev–Trinajstić information content (AvgIpc) is 2.89. The maximum absolute atomic E-state index is 12.0. The van der Waals surface area contributed by atoms with Crippen LogP contribution in [-0.2, 0) is 18.4 Å². The Balaban J connectivity index is 1.67. The van der Waals surface area contributed by atoms with Crippen LogP contribution in [0.3, 0.4) is 0 Å². The lowest BCUT2D eigenvalue weighted by atomic mass is 10.2. The lowest BCUT2D eigenvalue weighted by molar-refractivity contribution is -0.130. The molecule has 0 fully saturated rings. The smallest absolute Gasteiger partial charge is 0.222 e. The van der Waals surface area contributed by atoms with E-state index < -0.39 is 0 Å². The first-order valence-corrected chi connectivity index (χ1v) is 7.04. The maximum atomic E-state index is 12.0. The fraction of sp³-hybridized carbons (Fsp3) is 0.375. The van der Waals surface area contributed by atoms with Crippen LogP contribution >= 0.6 is 0 Å². The van der Waals surface area contributed by atoms with Crippen molar-refractivity contribution in [3.63, 3.8) is 0 Å². The number of hydrogen-bond donors (Lipinski definition) is 0. The number of ether oxygens (including phenoxy) is 1. The van der Waals surface area contributed by atoms with E-state index in [1.165, 1.54) is 0 Å². The molecule has 0 spiro atoms. The van der Waals surface area contributed by atoms with E-state index in [2.05, 4.69) is 5.10 Å². The third-order valence-corrected chi connectivity index (χ3v) is 3.15. The molecule has 0 atom stereocenters. The van der Waals surface area contributed by atoms with Crippen molar-refractivity contribution >= 4 is 5.91 Å². The second-order valence-electron chi connectivity index (χ2n) is 5.04. The van der Waals surface area contributed by atoms with Crippen LogP contribution in [0.4, 0.5) is 0 Å². The predicted molar refractivity (Wildman–Crippen MR) is 80.9 cm³/mol.